The van der Waals surface area contributed by atoms with E-state index >= 15 is 0 Å². The van der Waals surface area contributed by atoms with E-state index in [1.54, 1.807) is 18.2 Å². The molecule has 0 heterocycles. The highest BCUT2D eigenvalue weighted by Crippen LogP contribution is 2.31. The van der Waals surface area contributed by atoms with Gasteiger partial charge < -0.3 is 4.90 Å². The summed E-state index contributed by atoms with van der Waals surface area (Å²) in [5.74, 6) is 0. The molecule has 0 radical (unpaired) electrons. The number of rotatable bonds is 3. The number of nitro benzene ring substituents is 1. The number of hydrogen-bond acceptors (Lipinski definition) is 4. The Morgan fingerprint density at radius 2 is 2.05 bits per heavy atom. The molecular weight excluding hydrogens is 369 g/mol. The van der Waals surface area contributed by atoms with Gasteiger partial charge in [0.05, 0.1) is 22.2 Å². The Bertz CT molecular complexity index is 710. The van der Waals surface area contributed by atoms with Crippen LogP contribution in [0.5, 0.6) is 0 Å². The SMILES string of the molecule is CN(c1cccc(C#N)c1)c1ccc([N+](=O)[O-])cc1I. The topological polar surface area (TPSA) is 70.2 Å². The lowest BCUT2D eigenvalue weighted by atomic mass is 10.2. The van der Waals surface area contributed by atoms with E-state index in [2.05, 4.69) is 28.7 Å². The number of nitriles is 1. The Balaban J connectivity index is 2.40. The van der Waals surface area contributed by atoms with Crippen molar-refractivity contribution in [1.29, 1.82) is 5.26 Å². The summed E-state index contributed by atoms with van der Waals surface area (Å²) < 4.78 is 0.779. The van der Waals surface area contributed by atoms with Gasteiger partial charge >= 0.3 is 0 Å². The van der Waals surface area contributed by atoms with E-state index in [1.165, 1.54) is 12.1 Å². The molecule has 0 atom stereocenters. The summed E-state index contributed by atoms with van der Waals surface area (Å²) >= 11 is 2.07. The second-order valence-electron chi connectivity index (χ2n) is 4.11. The maximum Gasteiger partial charge on any atom is 0.270 e. The third kappa shape index (κ3) is 2.88. The summed E-state index contributed by atoms with van der Waals surface area (Å²) in [6, 6.07) is 14.0. The van der Waals surface area contributed by atoms with E-state index < -0.39 is 4.92 Å². The van der Waals surface area contributed by atoms with Crippen LogP contribution in [0.1, 0.15) is 5.56 Å². The highest BCUT2D eigenvalue weighted by molar-refractivity contribution is 14.1. The average molecular weight is 379 g/mol. The molecule has 0 saturated carbocycles. The first kappa shape index (κ1) is 14.3. The minimum Gasteiger partial charge on any atom is -0.344 e. The zero-order chi connectivity index (χ0) is 14.7. The second-order valence-corrected chi connectivity index (χ2v) is 5.28. The molecule has 0 aliphatic heterocycles. The van der Waals surface area contributed by atoms with Crippen LogP contribution >= 0.6 is 22.6 Å². The molecule has 0 fully saturated rings. The van der Waals surface area contributed by atoms with Gasteiger partial charge in [0.15, 0.2) is 0 Å². The molecule has 0 aromatic heterocycles. The first-order valence-corrected chi connectivity index (χ1v) is 6.78. The number of benzene rings is 2. The Kier molecular flexibility index (Phi) is 4.20. The summed E-state index contributed by atoms with van der Waals surface area (Å²) in [7, 11) is 1.86. The fourth-order valence-corrected chi connectivity index (χ4v) is 2.67. The standard InChI is InChI=1S/C14H10IN3O2/c1-17(11-4-2-3-10(7-11)9-16)14-6-5-12(18(19)20)8-13(14)15/h2-8H,1H3. The number of nitrogens with zero attached hydrogens (tertiary/aromatic N) is 3. The van der Waals surface area contributed by atoms with Crippen LogP contribution < -0.4 is 4.90 Å². The zero-order valence-electron chi connectivity index (χ0n) is 10.6. The molecule has 6 heteroatoms. The van der Waals surface area contributed by atoms with Crippen molar-refractivity contribution in [3.8, 4) is 6.07 Å². The van der Waals surface area contributed by atoms with E-state index in [-0.39, 0.29) is 5.69 Å². The average Bonchev–Trinajstić information content (AvgIpc) is 2.46. The quantitative estimate of drug-likeness (QED) is 0.462. The third-order valence-electron chi connectivity index (χ3n) is 2.87. The zero-order valence-corrected chi connectivity index (χ0v) is 12.7. The molecule has 0 saturated heterocycles. The number of hydrogen-bond donors (Lipinski definition) is 0. The number of nitro groups is 1. The molecule has 2 rings (SSSR count). The van der Waals surface area contributed by atoms with Gasteiger partial charge in [-0.15, -0.1) is 0 Å². The van der Waals surface area contributed by atoms with Gasteiger partial charge in [-0.1, -0.05) is 6.07 Å². The smallest absolute Gasteiger partial charge is 0.270 e. The van der Waals surface area contributed by atoms with E-state index in [0.29, 0.717) is 5.56 Å². The minimum absolute atomic E-state index is 0.0670. The van der Waals surface area contributed by atoms with Crippen LogP contribution in [-0.4, -0.2) is 12.0 Å². The Hall–Kier alpha value is -2.14. The molecule has 2 aromatic rings. The maximum atomic E-state index is 10.7. The molecule has 2 aromatic carbocycles. The molecule has 0 bridgehead atoms. The first-order chi connectivity index (χ1) is 9.52. The normalized spacial score (nSPS) is 9.85. The highest BCUT2D eigenvalue weighted by Gasteiger charge is 2.13. The minimum atomic E-state index is -0.414. The summed E-state index contributed by atoms with van der Waals surface area (Å²) in [6.07, 6.45) is 0. The molecule has 100 valence electrons. The fourth-order valence-electron chi connectivity index (χ4n) is 1.80. The molecule has 0 aliphatic carbocycles. The van der Waals surface area contributed by atoms with Crippen molar-refractivity contribution in [1.82, 2.24) is 0 Å². The van der Waals surface area contributed by atoms with E-state index in [0.717, 1.165) is 14.9 Å². The molecule has 20 heavy (non-hydrogen) atoms. The number of non-ortho nitro benzene ring substituents is 1. The predicted molar refractivity (Wildman–Crippen MR) is 85.0 cm³/mol. The van der Waals surface area contributed by atoms with Crippen molar-refractivity contribution in [3.05, 3.63) is 61.7 Å². The monoisotopic (exact) mass is 379 g/mol. The Labute approximate surface area is 129 Å². The molecule has 0 aliphatic rings. The van der Waals surface area contributed by atoms with Gasteiger partial charge in [-0.25, -0.2) is 0 Å². The Morgan fingerprint density at radius 1 is 1.30 bits per heavy atom. The van der Waals surface area contributed by atoms with Gasteiger partial charge in [0.2, 0.25) is 0 Å². The van der Waals surface area contributed by atoms with Crippen molar-refractivity contribution in [2.45, 2.75) is 0 Å². The number of anilines is 2. The van der Waals surface area contributed by atoms with Gasteiger partial charge in [-0.3, -0.25) is 10.1 Å². The van der Waals surface area contributed by atoms with Crippen molar-refractivity contribution in [3.63, 3.8) is 0 Å². The van der Waals surface area contributed by atoms with Gasteiger partial charge in [-0.2, -0.15) is 5.26 Å². The van der Waals surface area contributed by atoms with Gasteiger partial charge in [0, 0.05) is 28.4 Å². The van der Waals surface area contributed by atoms with Crippen LogP contribution in [-0.2, 0) is 0 Å². The molecule has 0 unspecified atom stereocenters. The second kappa shape index (κ2) is 5.88. The van der Waals surface area contributed by atoms with Crippen molar-refractivity contribution >= 4 is 39.7 Å². The van der Waals surface area contributed by atoms with E-state index in [9.17, 15) is 10.1 Å². The van der Waals surface area contributed by atoms with Crippen LogP contribution in [0, 0.1) is 25.0 Å². The summed E-state index contributed by atoms with van der Waals surface area (Å²) in [5.41, 5.74) is 2.35. The summed E-state index contributed by atoms with van der Waals surface area (Å²) in [4.78, 5) is 12.2. The van der Waals surface area contributed by atoms with Crippen LogP contribution in [0.3, 0.4) is 0 Å². The van der Waals surface area contributed by atoms with Crippen molar-refractivity contribution in [2.75, 3.05) is 11.9 Å². The molecule has 5 nitrogen and oxygen atoms in total. The van der Waals surface area contributed by atoms with Gasteiger partial charge in [-0.05, 0) is 46.9 Å². The first-order valence-electron chi connectivity index (χ1n) is 5.71. The fraction of sp³-hybridized carbons (Fsp3) is 0.0714. The van der Waals surface area contributed by atoms with Crippen LogP contribution in [0.2, 0.25) is 0 Å². The molecule has 0 N–H and O–H groups in total. The maximum absolute atomic E-state index is 10.7. The lowest BCUT2D eigenvalue weighted by Crippen LogP contribution is -2.11. The molecule has 0 spiro atoms. The molecular formula is C14H10IN3O2. The third-order valence-corrected chi connectivity index (χ3v) is 3.73. The predicted octanol–water partition coefficient (Wildman–Crippen LogP) is 3.84. The largest absolute Gasteiger partial charge is 0.344 e. The van der Waals surface area contributed by atoms with Gasteiger partial charge in [0.25, 0.3) is 5.69 Å². The van der Waals surface area contributed by atoms with Crippen LogP contribution in [0.25, 0.3) is 0 Å². The summed E-state index contributed by atoms with van der Waals surface area (Å²) in [6.45, 7) is 0. The lowest BCUT2D eigenvalue weighted by molar-refractivity contribution is -0.384. The van der Waals surface area contributed by atoms with Crippen LogP contribution in [0.4, 0.5) is 17.1 Å². The van der Waals surface area contributed by atoms with E-state index in [1.807, 2.05) is 24.1 Å². The highest BCUT2D eigenvalue weighted by atomic mass is 127. The van der Waals surface area contributed by atoms with Crippen molar-refractivity contribution in [2.24, 2.45) is 0 Å². The van der Waals surface area contributed by atoms with Gasteiger partial charge in [0.1, 0.15) is 0 Å². The lowest BCUT2D eigenvalue weighted by Gasteiger charge is -2.21. The van der Waals surface area contributed by atoms with Crippen molar-refractivity contribution < 1.29 is 4.92 Å². The number of halogens is 1. The Morgan fingerprint density at radius 3 is 2.65 bits per heavy atom. The summed E-state index contributed by atoms with van der Waals surface area (Å²) in [5, 5.41) is 19.7. The van der Waals surface area contributed by atoms with Crippen LogP contribution in [0.15, 0.2) is 42.5 Å². The molecule has 0 amide bonds. The van der Waals surface area contributed by atoms with E-state index in [4.69, 9.17) is 5.26 Å².